The number of carbonyl (C=O) groups excluding carboxylic acids is 1. The van der Waals surface area contributed by atoms with Crippen molar-refractivity contribution in [1.82, 2.24) is 15.3 Å². The van der Waals surface area contributed by atoms with Gasteiger partial charge in [-0.2, -0.15) is 11.3 Å². The van der Waals surface area contributed by atoms with Gasteiger partial charge in [0, 0.05) is 29.9 Å². The number of aromatic nitrogens is 2. The molecule has 0 unspecified atom stereocenters. The zero-order chi connectivity index (χ0) is 17.9. The SMILES string of the molecule is O=C(Cc1ccsc1)NC[C@H]1Cc2cc(-c3cnccn3)cc(Cl)c2O1. The van der Waals surface area contributed by atoms with E-state index in [1.165, 1.54) is 0 Å². The molecule has 0 fully saturated rings. The average molecular weight is 386 g/mol. The Labute approximate surface area is 160 Å². The highest BCUT2D eigenvalue weighted by Crippen LogP contribution is 2.39. The predicted molar refractivity (Wildman–Crippen MR) is 102 cm³/mol. The zero-order valence-electron chi connectivity index (χ0n) is 13.8. The lowest BCUT2D eigenvalue weighted by Crippen LogP contribution is -2.35. The Morgan fingerprint density at radius 1 is 1.38 bits per heavy atom. The quantitative estimate of drug-likeness (QED) is 0.729. The molecule has 26 heavy (non-hydrogen) atoms. The van der Waals surface area contributed by atoms with Gasteiger partial charge in [-0.3, -0.25) is 14.8 Å². The number of amides is 1. The molecule has 5 nitrogen and oxygen atoms in total. The van der Waals surface area contributed by atoms with Crippen LogP contribution >= 0.6 is 22.9 Å². The van der Waals surface area contributed by atoms with E-state index in [-0.39, 0.29) is 12.0 Å². The average Bonchev–Trinajstić information content (AvgIpc) is 3.30. The van der Waals surface area contributed by atoms with E-state index in [0.717, 1.165) is 22.4 Å². The van der Waals surface area contributed by atoms with Crippen molar-refractivity contribution < 1.29 is 9.53 Å². The summed E-state index contributed by atoms with van der Waals surface area (Å²) in [7, 11) is 0. The predicted octanol–water partition coefficient (Wildman–Crippen LogP) is 3.52. The van der Waals surface area contributed by atoms with Gasteiger partial charge >= 0.3 is 0 Å². The van der Waals surface area contributed by atoms with E-state index < -0.39 is 0 Å². The van der Waals surface area contributed by atoms with Gasteiger partial charge in [0.1, 0.15) is 11.9 Å². The molecule has 0 spiro atoms. The van der Waals surface area contributed by atoms with Crippen LogP contribution in [0.5, 0.6) is 5.75 Å². The van der Waals surface area contributed by atoms with Crippen LogP contribution in [0.15, 0.2) is 47.5 Å². The Morgan fingerprint density at radius 2 is 2.31 bits per heavy atom. The summed E-state index contributed by atoms with van der Waals surface area (Å²) in [5, 5.41) is 7.44. The molecule has 7 heteroatoms. The van der Waals surface area contributed by atoms with Crippen molar-refractivity contribution >= 4 is 28.8 Å². The van der Waals surface area contributed by atoms with Crippen molar-refractivity contribution in [3.05, 3.63) is 63.7 Å². The summed E-state index contributed by atoms with van der Waals surface area (Å²) in [6.45, 7) is 0.453. The Kier molecular flexibility index (Phi) is 4.86. The molecule has 0 bridgehead atoms. The van der Waals surface area contributed by atoms with Gasteiger partial charge in [-0.15, -0.1) is 0 Å². The standard InChI is InChI=1S/C19H16ClN3O2S/c20-16-8-13(17-10-21-2-3-22-17)6-14-7-15(25-19(14)16)9-23-18(24)5-12-1-4-26-11-12/h1-4,6,8,10-11,15H,5,7,9H2,(H,23,24)/t15-/m1/s1. The van der Waals surface area contributed by atoms with Gasteiger partial charge in [0.25, 0.3) is 0 Å². The van der Waals surface area contributed by atoms with Crippen molar-refractivity contribution in [3.8, 4) is 17.0 Å². The lowest BCUT2D eigenvalue weighted by molar-refractivity contribution is -0.120. The van der Waals surface area contributed by atoms with Crippen molar-refractivity contribution in [2.75, 3.05) is 6.54 Å². The fourth-order valence-corrected chi connectivity index (χ4v) is 3.92. The lowest BCUT2D eigenvalue weighted by Gasteiger charge is -2.12. The molecule has 2 aromatic heterocycles. The number of fused-ring (bicyclic) bond motifs is 1. The monoisotopic (exact) mass is 385 g/mol. The molecule has 1 aliphatic heterocycles. The number of benzene rings is 1. The molecule has 3 aromatic rings. The van der Waals surface area contributed by atoms with Gasteiger partial charge in [-0.05, 0) is 34.5 Å². The van der Waals surface area contributed by atoms with Crippen LogP contribution in [0.1, 0.15) is 11.1 Å². The zero-order valence-corrected chi connectivity index (χ0v) is 15.4. The molecule has 1 amide bonds. The molecule has 1 aromatic carbocycles. The Morgan fingerprint density at radius 3 is 3.08 bits per heavy atom. The van der Waals surface area contributed by atoms with E-state index >= 15 is 0 Å². The van der Waals surface area contributed by atoms with Crippen LogP contribution in [0.2, 0.25) is 5.02 Å². The smallest absolute Gasteiger partial charge is 0.224 e. The summed E-state index contributed by atoms with van der Waals surface area (Å²) in [6, 6.07) is 5.82. The number of thiophene rings is 1. The normalized spacial score (nSPS) is 15.3. The number of hydrogen-bond acceptors (Lipinski definition) is 5. The van der Waals surface area contributed by atoms with Gasteiger partial charge in [0.05, 0.1) is 29.9 Å². The minimum atomic E-state index is -0.119. The maximum atomic E-state index is 12.0. The highest BCUT2D eigenvalue weighted by Gasteiger charge is 2.26. The first kappa shape index (κ1) is 17.0. The number of hydrogen-bond donors (Lipinski definition) is 1. The number of carbonyl (C=O) groups is 1. The van der Waals surface area contributed by atoms with E-state index in [1.54, 1.807) is 29.9 Å². The fraction of sp³-hybridized carbons (Fsp3) is 0.211. The minimum Gasteiger partial charge on any atom is -0.486 e. The molecule has 0 saturated carbocycles. The van der Waals surface area contributed by atoms with Crippen LogP contribution in [-0.2, 0) is 17.6 Å². The van der Waals surface area contributed by atoms with E-state index in [9.17, 15) is 4.79 Å². The summed E-state index contributed by atoms with van der Waals surface area (Å²) in [5.41, 5.74) is 3.73. The Hall–Kier alpha value is -2.44. The third-order valence-electron chi connectivity index (χ3n) is 4.18. The first-order valence-corrected chi connectivity index (χ1v) is 9.54. The Bertz CT molecular complexity index is 916. The minimum absolute atomic E-state index is 0.00528. The molecule has 1 aliphatic rings. The van der Waals surface area contributed by atoms with Crippen LogP contribution in [-0.4, -0.2) is 28.5 Å². The molecular weight excluding hydrogens is 370 g/mol. The molecule has 0 saturated heterocycles. The fourth-order valence-electron chi connectivity index (χ4n) is 2.97. The van der Waals surface area contributed by atoms with Crippen LogP contribution in [0.4, 0.5) is 0 Å². The van der Waals surface area contributed by atoms with Crippen LogP contribution in [0.3, 0.4) is 0 Å². The molecule has 1 atom stereocenters. The number of nitrogens with one attached hydrogen (secondary N) is 1. The third kappa shape index (κ3) is 3.71. The topological polar surface area (TPSA) is 64.1 Å². The van der Waals surface area contributed by atoms with Crippen molar-refractivity contribution in [2.24, 2.45) is 0 Å². The molecule has 3 heterocycles. The van der Waals surface area contributed by atoms with Gasteiger partial charge in [-0.25, -0.2) is 0 Å². The second-order valence-corrected chi connectivity index (χ2v) is 7.28. The van der Waals surface area contributed by atoms with Crippen molar-refractivity contribution in [1.29, 1.82) is 0 Å². The van der Waals surface area contributed by atoms with Crippen LogP contribution in [0, 0.1) is 0 Å². The summed E-state index contributed by atoms with van der Waals surface area (Å²) in [6.07, 6.45) is 5.96. The first-order valence-electron chi connectivity index (χ1n) is 8.22. The molecule has 0 radical (unpaired) electrons. The summed E-state index contributed by atoms with van der Waals surface area (Å²) in [5.74, 6) is 0.686. The highest BCUT2D eigenvalue weighted by atomic mass is 35.5. The van der Waals surface area contributed by atoms with E-state index in [1.807, 2.05) is 29.0 Å². The van der Waals surface area contributed by atoms with Gasteiger partial charge in [0.2, 0.25) is 5.91 Å². The number of halogens is 1. The largest absolute Gasteiger partial charge is 0.486 e. The van der Waals surface area contributed by atoms with Crippen LogP contribution in [0.25, 0.3) is 11.3 Å². The first-order chi connectivity index (χ1) is 12.7. The summed E-state index contributed by atoms with van der Waals surface area (Å²) in [4.78, 5) is 20.4. The molecule has 1 N–H and O–H groups in total. The number of ether oxygens (including phenoxy) is 1. The third-order valence-corrected chi connectivity index (χ3v) is 5.20. The van der Waals surface area contributed by atoms with E-state index in [0.29, 0.717) is 30.2 Å². The van der Waals surface area contributed by atoms with Gasteiger partial charge in [0.15, 0.2) is 0 Å². The van der Waals surface area contributed by atoms with Gasteiger partial charge < -0.3 is 10.1 Å². The second kappa shape index (κ2) is 7.43. The second-order valence-electron chi connectivity index (χ2n) is 6.09. The Balaban J connectivity index is 1.41. The van der Waals surface area contributed by atoms with Crippen LogP contribution < -0.4 is 10.1 Å². The molecule has 0 aliphatic carbocycles. The van der Waals surface area contributed by atoms with Crippen molar-refractivity contribution in [3.63, 3.8) is 0 Å². The van der Waals surface area contributed by atoms with Gasteiger partial charge in [-0.1, -0.05) is 11.6 Å². The maximum absolute atomic E-state index is 12.0. The van der Waals surface area contributed by atoms with E-state index in [4.69, 9.17) is 16.3 Å². The summed E-state index contributed by atoms with van der Waals surface area (Å²) < 4.78 is 5.93. The summed E-state index contributed by atoms with van der Waals surface area (Å²) >= 11 is 7.98. The molecule has 132 valence electrons. The highest BCUT2D eigenvalue weighted by molar-refractivity contribution is 7.08. The number of rotatable bonds is 5. The molecule has 4 rings (SSSR count). The van der Waals surface area contributed by atoms with Crippen molar-refractivity contribution in [2.45, 2.75) is 18.9 Å². The lowest BCUT2D eigenvalue weighted by atomic mass is 10.0. The van der Waals surface area contributed by atoms with E-state index in [2.05, 4.69) is 15.3 Å². The number of nitrogens with zero attached hydrogens (tertiary/aromatic N) is 2. The maximum Gasteiger partial charge on any atom is 0.224 e. The molecular formula is C19H16ClN3O2S.